The van der Waals surface area contributed by atoms with Crippen molar-refractivity contribution < 1.29 is 22.7 Å². The molecule has 9 heteroatoms. The number of amides is 1. The first-order valence-electron chi connectivity index (χ1n) is 12.8. The van der Waals surface area contributed by atoms with E-state index in [-0.39, 0.29) is 24.1 Å². The van der Waals surface area contributed by atoms with Crippen LogP contribution in [0.4, 0.5) is 5.69 Å². The summed E-state index contributed by atoms with van der Waals surface area (Å²) in [5, 5.41) is 0. The molecule has 0 aliphatic carbocycles. The molecule has 0 spiro atoms. The van der Waals surface area contributed by atoms with E-state index in [1.165, 1.54) is 4.31 Å². The van der Waals surface area contributed by atoms with Gasteiger partial charge in [-0.05, 0) is 73.9 Å². The number of nitrogens with zero attached hydrogens (tertiary/aromatic N) is 3. The number of hydrogen-bond acceptors (Lipinski definition) is 6. The lowest BCUT2D eigenvalue weighted by Crippen LogP contribution is -2.51. The second-order valence-electron chi connectivity index (χ2n) is 9.94. The van der Waals surface area contributed by atoms with Gasteiger partial charge in [0.25, 0.3) is 10.0 Å². The molecule has 0 aromatic heterocycles. The Morgan fingerprint density at radius 2 is 1.55 bits per heavy atom. The van der Waals surface area contributed by atoms with E-state index in [9.17, 15) is 13.2 Å². The zero-order chi connectivity index (χ0) is 26.9. The fraction of sp³-hybridized carbons (Fsp3) is 0.345. The van der Waals surface area contributed by atoms with Gasteiger partial charge in [0, 0.05) is 32.7 Å². The Morgan fingerprint density at radius 3 is 2.26 bits per heavy atom. The predicted molar refractivity (Wildman–Crippen MR) is 146 cm³/mol. The zero-order valence-electron chi connectivity index (χ0n) is 22.0. The Hall–Kier alpha value is -3.56. The molecule has 2 aliphatic rings. The number of fused-ring (bicyclic) bond motifs is 1. The molecular formula is C29H33N3O5S. The summed E-state index contributed by atoms with van der Waals surface area (Å²) in [4.78, 5) is 17.6. The number of carbonyl (C=O) groups excluding carboxylic acids is 1. The highest BCUT2D eigenvalue weighted by molar-refractivity contribution is 7.92. The van der Waals surface area contributed by atoms with Gasteiger partial charge in [-0.1, -0.05) is 29.8 Å². The number of ether oxygens (including phenoxy) is 2. The summed E-state index contributed by atoms with van der Waals surface area (Å²) in [6.07, 6.45) is 0. The standard InChI is InChI=1S/C29H33N3O5S/c1-21-4-9-26(10-5-21)38(34,35)32(25-8-6-22(2)23(3)16-25)19-29(33)31-14-12-30(13-15-31)18-24-7-11-27-28(17-24)37-20-36-27/h4-11,16-17H,12-15,18-20H2,1-3H3. The van der Waals surface area contributed by atoms with Gasteiger partial charge in [-0.15, -0.1) is 0 Å². The van der Waals surface area contributed by atoms with Crippen LogP contribution in [0.25, 0.3) is 0 Å². The molecule has 0 radical (unpaired) electrons. The molecule has 0 unspecified atom stereocenters. The molecule has 2 aliphatic heterocycles. The fourth-order valence-corrected chi connectivity index (χ4v) is 6.11. The van der Waals surface area contributed by atoms with Crippen molar-refractivity contribution in [3.63, 3.8) is 0 Å². The van der Waals surface area contributed by atoms with Crippen LogP contribution in [0.5, 0.6) is 11.5 Å². The summed E-state index contributed by atoms with van der Waals surface area (Å²) in [7, 11) is -3.94. The van der Waals surface area contributed by atoms with E-state index < -0.39 is 10.0 Å². The number of anilines is 1. The quantitative estimate of drug-likeness (QED) is 0.457. The van der Waals surface area contributed by atoms with Crippen LogP contribution in [-0.2, 0) is 21.4 Å². The molecule has 1 saturated heterocycles. The first-order valence-corrected chi connectivity index (χ1v) is 14.2. The normalized spacial score (nSPS) is 15.5. The van der Waals surface area contributed by atoms with Crippen LogP contribution >= 0.6 is 0 Å². The molecule has 3 aromatic carbocycles. The van der Waals surface area contributed by atoms with Crippen LogP contribution in [0.2, 0.25) is 0 Å². The van der Waals surface area contributed by atoms with E-state index in [0.29, 0.717) is 31.9 Å². The number of carbonyl (C=O) groups is 1. The SMILES string of the molecule is Cc1ccc(S(=O)(=O)N(CC(=O)N2CCN(Cc3ccc4c(c3)OCO4)CC2)c2ccc(C)c(C)c2)cc1. The van der Waals surface area contributed by atoms with Crippen LogP contribution in [0, 0.1) is 20.8 Å². The van der Waals surface area contributed by atoms with Crippen LogP contribution in [0.1, 0.15) is 22.3 Å². The van der Waals surface area contributed by atoms with Gasteiger partial charge < -0.3 is 14.4 Å². The molecule has 0 atom stereocenters. The first-order chi connectivity index (χ1) is 18.2. The third-order valence-corrected chi connectivity index (χ3v) is 9.02. The Kier molecular flexibility index (Phi) is 7.32. The Labute approximate surface area is 224 Å². The molecule has 5 rings (SSSR count). The second-order valence-corrected chi connectivity index (χ2v) is 11.8. The molecular weight excluding hydrogens is 502 g/mol. The summed E-state index contributed by atoms with van der Waals surface area (Å²) < 4.78 is 39.6. The maximum atomic E-state index is 13.7. The van der Waals surface area contributed by atoms with Crippen molar-refractivity contribution in [2.45, 2.75) is 32.2 Å². The highest BCUT2D eigenvalue weighted by atomic mass is 32.2. The number of benzene rings is 3. The molecule has 200 valence electrons. The van der Waals surface area contributed by atoms with E-state index in [0.717, 1.165) is 40.3 Å². The van der Waals surface area contributed by atoms with Crippen molar-refractivity contribution in [3.05, 3.63) is 82.9 Å². The molecule has 2 heterocycles. The average molecular weight is 536 g/mol. The molecule has 0 bridgehead atoms. The highest BCUT2D eigenvalue weighted by Gasteiger charge is 2.30. The van der Waals surface area contributed by atoms with Crippen molar-refractivity contribution in [2.24, 2.45) is 0 Å². The number of rotatable bonds is 7. The predicted octanol–water partition coefficient (Wildman–Crippen LogP) is 3.88. The minimum atomic E-state index is -3.94. The third-order valence-electron chi connectivity index (χ3n) is 7.23. The monoisotopic (exact) mass is 535 g/mol. The van der Waals surface area contributed by atoms with E-state index >= 15 is 0 Å². The van der Waals surface area contributed by atoms with E-state index in [1.807, 2.05) is 51.1 Å². The van der Waals surface area contributed by atoms with Gasteiger partial charge in [0.05, 0.1) is 10.6 Å². The van der Waals surface area contributed by atoms with Gasteiger partial charge in [0.1, 0.15) is 6.54 Å². The lowest BCUT2D eigenvalue weighted by molar-refractivity contribution is -0.131. The van der Waals surface area contributed by atoms with Crippen molar-refractivity contribution >= 4 is 21.6 Å². The summed E-state index contributed by atoms with van der Waals surface area (Å²) >= 11 is 0. The minimum absolute atomic E-state index is 0.169. The van der Waals surface area contributed by atoms with Gasteiger partial charge in [-0.3, -0.25) is 14.0 Å². The summed E-state index contributed by atoms with van der Waals surface area (Å²) in [6.45, 7) is 9.05. The molecule has 1 fully saturated rings. The molecule has 8 nitrogen and oxygen atoms in total. The van der Waals surface area contributed by atoms with Gasteiger partial charge in [-0.2, -0.15) is 0 Å². The van der Waals surface area contributed by atoms with Crippen LogP contribution in [0.15, 0.2) is 65.6 Å². The summed E-state index contributed by atoms with van der Waals surface area (Å²) in [6, 6.07) is 18.2. The lowest BCUT2D eigenvalue weighted by atomic mass is 10.1. The smallest absolute Gasteiger partial charge is 0.264 e. The Balaban J connectivity index is 1.29. The third kappa shape index (κ3) is 5.49. The molecule has 0 N–H and O–H groups in total. The number of piperazine rings is 1. The topological polar surface area (TPSA) is 79.4 Å². The Morgan fingerprint density at radius 1 is 0.842 bits per heavy atom. The average Bonchev–Trinajstić information content (AvgIpc) is 3.37. The van der Waals surface area contributed by atoms with Crippen LogP contribution in [-0.4, -0.2) is 63.6 Å². The van der Waals surface area contributed by atoms with E-state index in [4.69, 9.17) is 9.47 Å². The molecule has 0 saturated carbocycles. The number of sulfonamides is 1. The maximum absolute atomic E-state index is 13.7. The van der Waals surface area contributed by atoms with Crippen molar-refractivity contribution in [1.29, 1.82) is 0 Å². The lowest BCUT2D eigenvalue weighted by Gasteiger charge is -2.36. The van der Waals surface area contributed by atoms with Gasteiger partial charge in [0.15, 0.2) is 11.5 Å². The largest absolute Gasteiger partial charge is 0.454 e. The first kappa shape index (κ1) is 26.1. The maximum Gasteiger partial charge on any atom is 0.264 e. The minimum Gasteiger partial charge on any atom is -0.454 e. The second kappa shape index (κ2) is 10.7. The van der Waals surface area contributed by atoms with Gasteiger partial charge in [-0.25, -0.2) is 8.42 Å². The van der Waals surface area contributed by atoms with Crippen molar-refractivity contribution in [2.75, 3.05) is 43.8 Å². The number of hydrogen-bond donors (Lipinski definition) is 0. The Bertz CT molecular complexity index is 1430. The van der Waals surface area contributed by atoms with Crippen LogP contribution < -0.4 is 13.8 Å². The zero-order valence-corrected chi connectivity index (χ0v) is 22.8. The van der Waals surface area contributed by atoms with Crippen molar-refractivity contribution in [3.8, 4) is 11.5 Å². The van der Waals surface area contributed by atoms with Crippen LogP contribution in [0.3, 0.4) is 0 Å². The fourth-order valence-electron chi connectivity index (χ4n) is 4.71. The van der Waals surface area contributed by atoms with E-state index in [1.54, 1.807) is 35.2 Å². The molecule has 38 heavy (non-hydrogen) atoms. The number of aryl methyl sites for hydroxylation is 3. The highest BCUT2D eigenvalue weighted by Crippen LogP contribution is 2.33. The molecule has 3 aromatic rings. The molecule has 1 amide bonds. The summed E-state index contributed by atoms with van der Waals surface area (Å²) in [5.41, 5.74) is 4.61. The van der Waals surface area contributed by atoms with E-state index in [2.05, 4.69) is 4.90 Å². The van der Waals surface area contributed by atoms with Crippen molar-refractivity contribution in [1.82, 2.24) is 9.80 Å². The summed E-state index contributed by atoms with van der Waals surface area (Å²) in [5.74, 6) is 1.32. The van der Waals surface area contributed by atoms with Gasteiger partial charge in [0.2, 0.25) is 12.7 Å². The van der Waals surface area contributed by atoms with Gasteiger partial charge >= 0.3 is 0 Å².